The standard InChI is InChI=1S/C57H50N4O/c1-56(2,3)41-34-47(54(62)48(35-41)57(4,5)6)55-59-52-43(23-17-27-51(52)60(55)7)39-30-38(36-18-10-8-11-19-36)31-40(32-39)49-33-37(28-29-58-49)44-24-16-25-46-45-22-14-15-26-50(45)61(53(44)46)42-20-12-9-13-21-42/h8-35,62H,1-7H3. The number of aromatic nitrogens is 4. The molecule has 1 N–H and O–H groups in total. The lowest BCUT2D eigenvalue weighted by Crippen LogP contribution is -2.17. The highest BCUT2D eigenvalue weighted by atomic mass is 16.3. The van der Waals surface area contributed by atoms with E-state index in [-0.39, 0.29) is 16.6 Å². The zero-order chi connectivity index (χ0) is 42.9. The second-order valence-electron chi connectivity index (χ2n) is 18.6. The maximum atomic E-state index is 11.9. The Bertz CT molecular complexity index is 3320. The maximum Gasteiger partial charge on any atom is 0.144 e. The van der Waals surface area contributed by atoms with Gasteiger partial charge >= 0.3 is 0 Å². The number of aromatic hydroxyl groups is 1. The van der Waals surface area contributed by atoms with Gasteiger partial charge in [-0.15, -0.1) is 0 Å². The van der Waals surface area contributed by atoms with Gasteiger partial charge in [-0.2, -0.15) is 0 Å². The Hall–Kier alpha value is -7.24. The van der Waals surface area contributed by atoms with Crippen LogP contribution in [0, 0.1) is 0 Å². The van der Waals surface area contributed by atoms with Gasteiger partial charge in [-0.3, -0.25) is 4.98 Å². The van der Waals surface area contributed by atoms with Crippen LogP contribution >= 0.6 is 0 Å². The highest BCUT2D eigenvalue weighted by molar-refractivity contribution is 6.14. The van der Waals surface area contributed by atoms with Gasteiger partial charge < -0.3 is 14.2 Å². The minimum absolute atomic E-state index is 0.120. The van der Waals surface area contributed by atoms with E-state index >= 15 is 0 Å². The van der Waals surface area contributed by atoms with Crippen LogP contribution < -0.4 is 0 Å². The van der Waals surface area contributed by atoms with Gasteiger partial charge in [-0.1, -0.05) is 145 Å². The Kier molecular flexibility index (Phi) is 9.26. The molecule has 0 aliphatic carbocycles. The largest absolute Gasteiger partial charge is 0.507 e. The fraction of sp³-hybridized carbons (Fsp3) is 0.158. The molecule has 0 spiro atoms. The van der Waals surface area contributed by atoms with Crippen molar-refractivity contribution in [2.75, 3.05) is 0 Å². The summed E-state index contributed by atoms with van der Waals surface area (Å²) in [6.07, 6.45) is 1.93. The lowest BCUT2D eigenvalue weighted by atomic mass is 9.79. The quantitative estimate of drug-likeness (QED) is 0.182. The summed E-state index contributed by atoms with van der Waals surface area (Å²) in [7, 11) is 2.05. The minimum Gasteiger partial charge on any atom is -0.507 e. The fourth-order valence-electron chi connectivity index (χ4n) is 9.08. The number of nitrogens with zero attached hydrogens (tertiary/aromatic N) is 4. The van der Waals surface area contributed by atoms with Crippen LogP contribution in [0.2, 0.25) is 0 Å². The Labute approximate surface area is 363 Å². The molecule has 5 heteroatoms. The molecule has 5 nitrogen and oxygen atoms in total. The molecule has 0 amide bonds. The number of hydrogen-bond acceptors (Lipinski definition) is 3. The fourth-order valence-corrected chi connectivity index (χ4v) is 9.08. The first-order chi connectivity index (χ1) is 29.8. The summed E-state index contributed by atoms with van der Waals surface area (Å²) in [6.45, 7) is 13.1. The van der Waals surface area contributed by atoms with Crippen LogP contribution in [0.4, 0.5) is 0 Å². The number of rotatable bonds is 6. The molecule has 0 fully saturated rings. The van der Waals surface area contributed by atoms with Gasteiger partial charge in [0.25, 0.3) is 0 Å². The topological polar surface area (TPSA) is 55.9 Å². The first-order valence-corrected chi connectivity index (χ1v) is 21.4. The molecule has 0 aliphatic heterocycles. The molecule has 10 rings (SSSR count). The third-order valence-electron chi connectivity index (χ3n) is 12.4. The second-order valence-corrected chi connectivity index (χ2v) is 18.6. The third-order valence-corrected chi connectivity index (χ3v) is 12.4. The monoisotopic (exact) mass is 806 g/mol. The average Bonchev–Trinajstić information content (AvgIpc) is 3.80. The van der Waals surface area contributed by atoms with Crippen molar-refractivity contribution in [3.63, 3.8) is 0 Å². The van der Waals surface area contributed by atoms with Gasteiger partial charge in [0.1, 0.15) is 11.6 Å². The molecular formula is C57H50N4O. The first-order valence-electron chi connectivity index (χ1n) is 21.4. The maximum absolute atomic E-state index is 11.9. The third kappa shape index (κ3) is 6.65. The molecule has 0 unspecified atom stereocenters. The van der Waals surface area contributed by atoms with E-state index in [9.17, 15) is 5.11 Å². The summed E-state index contributed by atoms with van der Waals surface area (Å²) in [5, 5.41) is 14.4. The van der Waals surface area contributed by atoms with Gasteiger partial charge in [0.2, 0.25) is 0 Å². The van der Waals surface area contributed by atoms with Crippen molar-refractivity contribution < 1.29 is 5.11 Å². The van der Waals surface area contributed by atoms with Crippen LogP contribution in [-0.2, 0) is 17.9 Å². The summed E-state index contributed by atoms with van der Waals surface area (Å²) in [5.41, 5.74) is 16.2. The van der Waals surface area contributed by atoms with Crippen LogP contribution in [0.5, 0.6) is 5.75 Å². The van der Waals surface area contributed by atoms with Crippen molar-refractivity contribution in [3.05, 3.63) is 181 Å². The van der Waals surface area contributed by atoms with Crippen molar-refractivity contribution >= 4 is 32.8 Å². The smallest absolute Gasteiger partial charge is 0.144 e. The highest BCUT2D eigenvalue weighted by Crippen LogP contribution is 2.44. The van der Waals surface area contributed by atoms with Crippen LogP contribution in [0.1, 0.15) is 52.7 Å². The minimum atomic E-state index is -0.262. The number of fused-ring (bicyclic) bond motifs is 4. The predicted molar refractivity (Wildman–Crippen MR) is 259 cm³/mol. The molecule has 0 aliphatic rings. The first kappa shape index (κ1) is 38.9. The molecular weight excluding hydrogens is 757 g/mol. The van der Waals surface area contributed by atoms with Gasteiger partial charge in [0.05, 0.1) is 33.3 Å². The van der Waals surface area contributed by atoms with E-state index in [4.69, 9.17) is 9.97 Å². The molecule has 10 aromatic rings. The summed E-state index contributed by atoms with van der Waals surface area (Å²) in [4.78, 5) is 10.4. The molecule has 0 radical (unpaired) electrons. The van der Waals surface area contributed by atoms with Crippen LogP contribution in [0.3, 0.4) is 0 Å². The average molecular weight is 807 g/mol. The SMILES string of the molecule is Cn1c(-c2cc(C(C)(C)C)cc(C(C)(C)C)c2O)nc2c(-c3cc(-c4ccccc4)cc(-c4cc(-c5cccc6c7ccccc7n(-c7ccccc7)c56)ccn4)c3)cccc21. The van der Waals surface area contributed by atoms with Gasteiger partial charge in [0, 0.05) is 52.0 Å². The van der Waals surface area contributed by atoms with Crippen molar-refractivity contribution in [2.45, 2.75) is 52.4 Å². The number of para-hydroxylation sites is 4. The molecule has 0 saturated heterocycles. The normalized spacial score (nSPS) is 12.2. The molecule has 0 saturated carbocycles. The van der Waals surface area contributed by atoms with E-state index in [1.165, 1.54) is 21.8 Å². The van der Waals surface area contributed by atoms with E-state index in [0.29, 0.717) is 0 Å². The van der Waals surface area contributed by atoms with Crippen LogP contribution in [0.25, 0.3) is 94.6 Å². The van der Waals surface area contributed by atoms with E-state index in [1.807, 2.05) is 13.2 Å². The summed E-state index contributed by atoms with van der Waals surface area (Å²) in [5.74, 6) is 1.02. The van der Waals surface area contributed by atoms with Gasteiger partial charge in [0.15, 0.2) is 0 Å². The van der Waals surface area contributed by atoms with Crippen molar-refractivity contribution in [1.29, 1.82) is 0 Å². The Morgan fingerprint density at radius 3 is 1.90 bits per heavy atom. The highest BCUT2D eigenvalue weighted by Gasteiger charge is 2.28. The second kappa shape index (κ2) is 14.7. The number of aryl methyl sites for hydroxylation is 1. The Morgan fingerprint density at radius 1 is 0.500 bits per heavy atom. The zero-order valence-corrected chi connectivity index (χ0v) is 36.4. The summed E-state index contributed by atoms with van der Waals surface area (Å²) < 4.78 is 4.51. The molecule has 62 heavy (non-hydrogen) atoms. The molecule has 0 atom stereocenters. The molecule has 304 valence electrons. The molecule has 3 heterocycles. The lowest BCUT2D eigenvalue weighted by Gasteiger charge is -2.27. The van der Waals surface area contributed by atoms with E-state index < -0.39 is 0 Å². The molecule has 0 bridgehead atoms. The van der Waals surface area contributed by atoms with Crippen molar-refractivity contribution in [2.24, 2.45) is 7.05 Å². The number of hydrogen-bond donors (Lipinski definition) is 1. The molecule has 7 aromatic carbocycles. The number of phenolic OH excluding ortho intramolecular Hbond substituents is 1. The van der Waals surface area contributed by atoms with Gasteiger partial charge in [-0.05, 0) is 99.3 Å². The molecule has 3 aromatic heterocycles. The van der Waals surface area contributed by atoms with Crippen LogP contribution in [-0.4, -0.2) is 24.2 Å². The number of phenols is 1. The Balaban J connectivity index is 1.16. The van der Waals surface area contributed by atoms with Gasteiger partial charge in [-0.25, -0.2) is 4.98 Å². The zero-order valence-electron chi connectivity index (χ0n) is 36.4. The van der Waals surface area contributed by atoms with Crippen molar-refractivity contribution in [3.8, 4) is 67.5 Å². The summed E-state index contributed by atoms with van der Waals surface area (Å²) >= 11 is 0. The van der Waals surface area contributed by atoms with E-state index in [0.717, 1.165) is 83.9 Å². The summed E-state index contributed by atoms with van der Waals surface area (Å²) in [6, 6.07) is 58.2. The number of pyridine rings is 1. The number of imidazole rings is 1. The van der Waals surface area contributed by atoms with Crippen molar-refractivity contribution in [1.82, 2.24) is 19.1 Å². The predicted octanol–water partition coefficient (Wildman–Crippen LogP) is 14.7. The number of benzene rings is 7. The lowest BCUT2D eigenvalue weighted by molar-refractivity contribution is 0.446. The van der Waals surface area contributed by atoms with E-state index in [2.05, 4.69) is 214 Å². The van der Waals surface area contributed by atoms with Crippen LogP contribution in [0.15, 0.2) is 170 Å². The Morgan fingerprint density at radius 2 is 1.15 bits per heavy atom. The van der Waals surface area contributed by atoms with E-state index in [1.54, 1.807) is 0 Å².